The van der Waals surface area contributed by atoms with Gasteiger partial charge in [-0.15, -0.1) is 0 Å². The molecule has 0 saturated heterocycles. The first kappa shape index (κ1) is 12.7. The molecule has 6 heteroatoms. The summed E-state index contributed by atoms with van der Waals surface area (Å²) >= 11 is 9.98. The van der Waals surface area contributed by atoms with Gasteiger partial charge in [0.15, 0.2) is 10.2 Å². The minimum absolute atomic E-state index is 0.589. The Balaban J connectivity index is 2.60. The van der Waals surface area contributed by atoms with Crippen LogP contribution in [-0.4, -0.2) is 24.3 Å². The number of hydrogen-bond donors (Lipinski definition) is 4. The van der Waals surface area contributed by atoms with Gasteiger partial charge in [-0.3, -0.25) is 0 Å². The summed E-state index contributed by atoms with van der Waals surface area (Å²) < 4.78 is 0. The average Bonchev–Trinajstić information content (AvgIpc) is 2.31. The number of nitrogens with one attached hydrogen (secondary N) is 4. The van der Waals surface area contributed by atoms with E-state index in [4.69, 9.17) is 24.4 Å². The fourth-order valence-corrected chi connectivity index (χ4v) is 1.26. The highest BCUT2D eigenvalue weighted by Gasteiger charge is 1.97. The molecule has 4 N–H and O–H groups in total. The Bertz CT molecular complexity index is 338. The summed E-state index contributed by atoms with van der Waals surface area (Å²) in [4.78, 5) is 0. The maximum absolute atomic E-state index is 4.99. The maximum atomic E-state index is 4.99. The first-order valence-electron chi connectivity index (χ1n) is 4.73. The zero-order chi connectivity index (χ0) is 12.0. The van der Waals surface area contributed by atoms with E-state index in [0.717, 1.165) is 11.4 Å². The van der Waals surface area contributed by atoms with Gasteiger partial charge in [-0.25, -0.2) is 0 Å². The fraction of sp³-hybridized carbons (Fsp3) is 0.200. The summed E-state index contributed by atoms with van der Waals surface area (Å²) in [6, 6.07) is 7.68. The topological polar surface area (TPSA) is 48.1 Å². The molecule has 0 amide bonds. The monoisotopic (exact) mass is 254 g/mol. The number of rotatable bonds is 2. The third-order valence-electron chi connectivity index (χ3n) is 1.85. The molecule has 0 aliphatic heterocycles. The van der Waals surface area contributed by atoms with Gasteiger partial charge >= 0.3 is 0 Å². The minimum Gasteiger partial charge on any atom is -0.366 e. The fourth-order valence-electron chi connectivity index (χ4n) is 1.02. The van der Waals surface area contributed by atoms with Crippen LogP contribution in [0.2, 0.25) is 0 Å². The molecule has 1 aromatic carbocycles. The number of benzene rings is 1. The van der Waals surface area contributed by atoms with Crippen molar-refractivity contribution in [3.63, 3.8) is 0 Å². The van der Waals surface area contributed by atoms with Gasteiger partial charge in [0.2, 0.25) is 0 Å². The van der Waals surface area contributed by atoms with Crippen molar-refractivity contribution in [2.75, 3.05) is 24.7 Å². The molecule has 0 atom stereocenters. The van der Waals surface area contributed by atoms with E-state index in [0.29, 0.717) is 10.2 Å². The van der Waals surface area contributed by atoms with Gasteiger partial charge in [0.1, 0.15) is 0 Å². The first-order valence-corrected chi connectivity index (χ1v) is 5.55. The lowest BCUT2D eigenvalue weighted by Crippen LogP contribution is -2.24. The van der Waals surface area contributed by atoms with Crippen LogP contribution in [0.25, 0.3) is 0 Å². The molecule has 0 spiro atoms. The van der Waals surface area contributed by atoms with Crippen LogP contribution in [0.5, 0.6) is 0 Å². The van der Waals surface area contributed by atoms with Crippen molar-refractivity contribution in [1.29, 1.82) is 0 Å². The molecule has 1 aromatic rings. The lowest BCUT2D eigenvalue weighted by molar-refractivity contribution is 1.19. The zero-order valence-electron chi connectivity index (χ0n) is 9.13. The van der Waals surface area contributed by atoms with Crippen molar-refractivity contribution in [3.05, 3.63) is 24.3 Å². The molecule has 0 saturated carbocycles. The van der Waals surface area contributed by atoms with Crippen molar-refractivity contribution >= 4 is 46.0 Å². The second-order valence-electron chi connectivity index (χ2n) is 2.99. The lowest BCUT2D eigenvalue weighted by atomic mass is 10.3. The second-order valence-corrected chi connectivity index (χ2v) is 3.80. The van der Waals surface area contributed by atoms with E-state index in [1.54, 1.807) is 14.1 Å². The summed E-state index contributed by atoms with van der Waals surface area (Å²) in [6.07, 6.45) is 0. The summed E-state index contributed by atoms with van der Waals surface area (Å²) in [7, 11) is 3.55. The number of thiocarbonyl (C=S) groups is 2. The summed E-state index contributed by atoms with van der Waals surface area (Å²) in [5.74, 6) is 0. The Hall–Kier alpha value is -1.40. The van der Waals surface area contributed by atoms with Gasteiger partial charge in [0, 0.05) is 25.5 Å². The van der Waals surface area contributed by atoms with Crippen LogP contribution in [0.3, 0.4) is 0 Å². The SMILES string of the molecule is CNC(=S)Nc1ccc(NC(=S)NC)cc1. The number of hydrogen-bond acceptors (Lipinski definition) is 2. The Labute approximate surface area is 106 Å². The standard InChI is InChI=1S/C10H14N4S2/c1-11-9(15)13-7-3-5-8(6-4-7)14-10(16)12-2/h3-6H,1-2H3,(H2,11,13,15)(H2,12,14,16). The highest BCUT2D eigenvalue weighted by Crippen LogP contribution is 2.13. The van der Waals surface area contributed by atoms with Gasteiger partial charge in [-0.05, 0) is 48.7 Å². The van der Waals surface area contributed by atoms with E-state index in [1.165, 1.54) is 0 Å². The third kappa shape index (κ3) is 4.00. The van der Waals surface area contributed by atoms with E-state index < -0.39 is 0 Å². The van der Waals surface area contributed by atoms with E-state index in [-0.39, 0.29) is 0 Å². The Morgan fingerprint density at radius 2 is 1.12 bits per heavy atom. The molecule has 0 aliphatic carbocycles. The van der Waals surface area contributed by atoms with E-state index in [9.17, 15) is 0 Å². The average molecular weight is 254 g/mol. The van der Waals surface area contributed by atoms with E-state index in [2.05, 4.69) is 21.3 Å². The van der Waals surface area contributed by atoms with E-state index >= 15 is 0 Å². The van der Waals surface area contributed by atoms with Gasteiger partial charge in [0.05, 0.1) is 0 Å². The first-order chi connectivity index (χ1) is 7.65. The molecule has 16 heavy (non-hydrogen) atoms. The molecular formula is C10H14N4S2. The molecule has 0 bridgehead atoms. The van der Waals surface area contributed by atoms with Gasteiger partial charge in [0.25, 0.3) is 0 Å². The molecular weight excluding hydrogens is 240 g/mol. The minimum atomic E-state index is 0.589. The van der Waals surface area contributed by atoms with Crippen LogP contribution < -0.4 is 21.3 Å². The van der Waals surface area contributed by atoms with Crippen LogP contribution in [0, 0.1) is 0 Å². The Morgan fingerprint density at radius 3 is 1.38 bits per heavy atom. The van der Waals surface area contributed by atoms with Crippen molar-refractivity contribution in [1.82, 2.24) is 10.6 Å². The largest absolute Gasteiger partial charge is 0.366 e. The summed E-state index contributed by atoms with van der Waals surface area (Å²) in [6.45, 7) is 0. The molecule has 86 valence electrons. The highest BCUT2D eigenvalue weighted by molar-refractivity contribution is 7.80. The number of anilines is 2. The van der Waals surface area contributed by atoms with Gasteiger partial charge in [-0.1, -0.05) is 0 Å². The molecule has 0 radical (unpaired) electrons. The third-order valence-corrected chi connectivity index (χ3v) is 2.47. The van der Waals surface area contributed by atoms with Gasteiger partial charge < -0.3 is 21.3 Å². The molecule has 0 fully saturated rings. The van der Waals surface area contributed by atoms with Crippen LogP contribution in [0.15, 0.2) is 24.3 Å². The normalized spacial score (nSPS) is 9.12. The molecule has 1 rings (SSSR count). The second kappa shape index (κ2) is 6.24. The van der Waals surface area contributed by atoms with Gasteiger partial charge in [-0.2, -0.15) is 0 Å². The van der Waals surface area contributed by atoms with Crippen molar-refractivity contribution < 1.29 is 0 Å². The molecule has 0 aromatic heterocycles. The predicted molar refractivity (Wildman–Crippen MR) is 77.0 cm³/mol. The summed E-state index contributed by atoms with van der Waals surface area (Å²) in [5.41, 5.74) is 1.86. The predicted octanol–water partition coefficient (Wildman–Crippen LogP) is 1.52. The van der Waals surface area contributed by atoms with Crippen LogP contribution in [0.4, 0.5) is 11.4 Å². The highest BCUT2D eigenvalue weighted by atomic mass is 32.1. The van der Waals surface area contributed by atoms with E-state index in [1.807, 2.05) is 24.3 Å². The molecule has 4 nitrogen and oxygen atoms in total. The zero-order valence-corrected chi connectivity index (χ0v) is 10.8. The lowest BCUT2D eigenvalue weighted by Gasteiger charge is -2.09. The van der Waals surface area contributed by atoms with Crippen LogP contribution in [-0.2, 0) is 0 Å². The van der Waals surface area contributed by atoms with Crippen molar-refractivity contribution in [2.24, 2.45) is 0 Å². The Morgan fingerprint density at radius 1 is 0.812 bits per heavy atom. The molecule has 0 unspecified atom stereocenters. The Kier molecular flexibility index (Phi) is 4.94. The smallest absolute Gasteiger partial charge is 0.170 e. The molecule has 0 aliphatic rings. The van der Waals surface area contributed by atoms with Crippen LogP contribution in [0.1, 0.15) is 0 Å². The summed E-state index contributed by atoms with van der Waals surface area (Å²) in [5, 5.41) is 12.9. The maximum Gasteiger partial charge on any atom is 0.170 e. The molecule has 0 heterocycles. The van der Waals surface area contributed by atoms with Crippen molar-refractivity contribution in [2.45, 2.75) is 0 Å². The van der Waals surface area contributed by atoms with Crippen molar-refractivity contribution in [3.8, 4) is 0 Å². The quantitative estimate of drug-likeness (QED) is 0.600. The van der Waals surface area contributed by atoms with Crippen LogP contribution >= 0.6 is 24.4 Å².